The lowest BCUT2D eigenvalue weighted by molar-refractivity contribution is -0.384. The highest BCUT2D eigenvalue weighted by Gasteiger charge is 2.20. The molecule has 2 aromatic heterocycles. The molecule has 1 aromatic carbocycles. The summed E-state index contributed by atoms with van der Waals surface area (Å²) in [6, 6.07) is 9.41. The number of benzene rings is 1. The van der Waals surface area contributed by atoms with Gasteiger partial charge >= 0.3 is 0 Å². The zero-order valence-electron chi connectivity index (χ0n) is 13.3. The van der Waals surface area contributed by atoms with Crippen molar-refractivity contribution in [2.24, 2.45) is 0 Å². The highest BCUT2D eigenvalue weighted by atomic mass is 32.1. The Labute approximate surface area is 146 Å². The van der Waals surface area contributed by atoms with E-state index in [4.69, 9.17) is 4.52 Å². The number of nitrogens with zero attached hydrogens (tertiary/aromatic N) is 4. The summed E-state index contributed by atoms with van der Waals surface area (Å²) in [5.74, 6) is 0.454. The normalized spacial score (nSPS) is 10.6. The van der Waals surface area contributed by atoms with Gasteiger partial charge in [0.15, 0.2) is 0 Å². The summed E-state index contributed by atoms with van der Waals surface area (Å²) in [6.45, 7) is 2.35. The van der Waals surface area contributed by atoms with Crippen LogP contribution in [0.4, 0.5) is 5.69 Å². The molecule has 0 N–H and O–H groups in total. The predicted molar refractivity (Wildman–Crippen MR) is 91.1 cm³/mol. The van der Waals surface area contributed by atoms with E-state index in [0.29, 0.717) is 18.3 Å². The highest BCUT2D eigenvalue weighted by molar-refractivity contribution is 7.13. The zero-order chi connectivity index (χ0) is 17.8. The Balaban J connectivity index is 1.77. The zero-order valence-corrected chi connectivity index (χ0v) is 14.1. The van der Waals surface area contributed by atoms with Gasteiger partial charge in [0.2, 0.25) is 11.7 Å². The van der Waals surface area contributed by atoms with Crippen LogP contribution in [-0.4, -0.2) is 32.4 Å². The Morgan fingerprint density at radius 1 is 1.36 bits per heavy atom. The van der Waals surface area contributed by atoms with Crippen molar-refractivity contribution in [2.75, 3.05) is 6.54 Å². The standard InChI is InChI=1S/C16H14N4O4S/c1-2-19(16(21)11-5-3-6-12(9-11)20(22)23)10-14-17-15(18-24-14)13-7-4-8-25-13/h3-9H,2,10H2,1H3. The second-order valence-electron chi connectivity index (χ2n) is 5.12. The number of carbonyl (C=O) groups excluding carboxylic acids is 1. The quantitative estimate of drug-likeness (QED) is 0.494. The fourth-order valence-corrected chi connectivity index (χ4v) is 2.90. The first-order valence-electron chi connectivity index (χ1n) is 7.48. The number of rotatable bonds is 6. The highest BCUT2D eigenvalue weighted by Crippen LogP contribution is 2.22. The maximum absolute atomic E-state index is 12.6. The lowest BCUT2D eigenvalue weighted by Crippen LogP contribution is -2.30. The van der Waals surface area contributed by atoms with Gasteiger partial charge in [-0.1, -0.05) is 17.3 Å². The number of nitro benzene ring substituents is 1. The summed E-state index contributed by atoms with van der Waals surface area (Å²) in [4.78, 5) is 29.6. The third-order valence-corrected chi connectivity index (χ3v) is 4.37. The molecular formula is C16H14N4O4S. The van der Waals surface area contributed by atoms with Crippen molar-refractivity contribution < 1.29 is 14.2 Å². The summed E-state index contributed by atoms with van der Waals surface area (Å²) in [5.41, 5.74) is 0.119. The molecule has 0 bridgehead atoms. The predicted octanol–water partition coefficient (Wildman–Crippen LogP) is 3.37. The van der Waals surface area contributed by atoms with Crippen LogP contribution in [-0.2, 0) is 6.54 Å². The summed E-state index contributed by atoms with van der Waals surface area (Å²) in [7, 11) is 0. The van der Waals surface area contributed by atoms with Crippen LogP contribution in [0.5, 0.6) is 0 Å². The van der Waals surface area contributed by atoms with Gasteiger partial charge in [-0.2, -0.15) is 4.98 Å². The number of hydrogen-bond acceptors (Lipinski definition) is 7. The Morgan fingerprint density at radius 2 is 2.20 bits per heavy atom. The molecule has 1 amide bonds. The van der Waals surface area contributed by atoms with E-state index in [9.17, 15) is 14.9 Å². The van der Waals surface area contributed by atoms with Gasteiger partial charge in [0.05, 0.1) is 9.80 Å². The van der Waals surface area contributed by atoms with Crippen LogP contribution < -0.4 is 0 Å². The number of thiophene rings is 1. The fourth-order valence-electron chi connectivity index (χ4n) is 2.25. The molecule has 0 aliphatic rings. The molecule has 0 atom stereocenters. The molecule has 8 nitrogen and oxygen atoms in total. The van der Waals surface area contributed by atoms with E-state index in [1.165, 1.54) is 34.4 Å². The van der Waals surface area contributed by atoms with Gasteiger partial charge in [0, 0.05) is 24.2 Å². The molecule has 3 aromatic rings. The number of nitro groups is 1. The van der Waals surface area contributed by atoms with Crippen LogP contribution in [0.25, 0.3) is 10.7 Å². The molecule has 0 aliphatic carbocycles. The summed E-state index contributed by atoms with van der Waals surface area (Å²) in [5, 5.41) is 16.7. The van der Waals surface area contributed by atoms with Gasteiger partial charge in [-0.15, -0.1) is 11.3 Å². The average Bonchev–Trinajstić information content (AvgIpc) is 3.30. The first-order chi connectivity index (χ1) is 12.1. The van der Waals surface area contributed by atoms with E-state index in [2.05, 4.69) is 10.1 Å². The summed E-state index contributed by atoms with van der Waals surface area (Å²) < 4.78 is 5.21. The van der Waals surface area contributed by atoms with Crippen LogP contribution in [0.2, 0.25) is 0 Å². The van der Waals surface area contributed by atoms with E-state index in [1.807, 2.05) is 24.4 Å². The van der Waals surface area contributed by atoms with Gasteiger partial charge < -0.3 is 9.42 Å². The maximum Gasteiger partial charge on any atom is 0.270 e. The summed E-state index contributed by atoms with van der Waals surface area (Å²) in [6.07, 6.45) is 0. The third kappa shape index (κ3) is 3.72. The van der Waals surface area contributed by atoms with Gasteiger partial charge in [0.25, 0.3) is 11.6 Å². The smallest absolute Gasteiger partial charge is 0.270 e. The van der Waals surface area contributed by atoms with Crippen molar-refractivity contribution in [3.05, 3.63) is 63.3 Å². The van der Waals surface area contributed by atoms with Crippen LogP contribution in [0, 0.1) is 10.1 Å². The van der Waals surface area contributed by atoms with Crippen LogP contribution in [0.1, 0.15) is 23.2 Å². The Hall–Kier alpha value is -3.07. The monoisotopic (exact) mass is 358 g/mol. The van der Waals surface area contributed by atoms with Gasteiger partial charge in [-0.3, -0.25) is 14.9 Å². The molecule has 0 saturated carbocycles. The van der Waals surface area contributed by atoms with Crippen molar-refractivity contribution in [2.45, 2.75) is 13.5 Å². The minimum absolute atomic E-state index is 0.125. The van der Waals surface area contributed by atoms with E-state index in [0.717, 1.165) is 4.88 Å². The largest absolute Gasteiger partial charge is 0.337 e. The lowest BCUT2D eigenvalue weighted by atomic mass is 10.1. The molecule has 0 aliphatic heterocycles. The van der Waals surface area contributed by atoms with Gasteiger partial charge in [0.1, 0.15) is 6.54 Å². The minimum atomic E-state index is -0.529. The van der Waals surface area contributed by atoms with Gasteiger partial charge in [-0.25, -0.2) is 0 Å². The number of carbonyl (C=O) groups is 1. The first-order valence-corrected chi connectivity index (χ1v) is 8.36. The van der Waals surface area contributed by atoms with Crippen molar-refractivity contribution in [1.82, 2.24) is 15.0 Å². The average molecular weight is 358 g/mol. The number of non-ortho nitro benzene ring substituents is 1. The van der Waals surface area contributed by atoms with E-state index in [1.54, 1.807) is 6.07 Å². The van der Waals surface area contributed by atoms with Crippen LogP contribution in [0.3, 0.4) is 0 Å². The SMILES string of the molecule is CCN(Cc1nc(-c2cccs2)no1)C(=O)c1cccc([N+](=O)[O-])c1. The Morgan fingerprint density at radius 3 is 2.88 bits per heavy atom. The van der Waals surface area contributed by atoms with Crippen LogP contribution in [0.15, 0.2) is 46.3 Å². The molecule has 2 heterocycles. The molecule has 3 rings (SSSR count). The Kier molecular flexibility index (Phi) is 4.85. The molecular weight excluding hydrogens is 344 g/mol. The van der Waals surface area contributed by atoms with Crippen molar-refractivity contribution in [3.8, 4) is 10.7 Å². The van der Waals surface area contributed by atoms with Gasteiger partial charge in [-0.05, 0) is 24.4 Å². The van der Waals surface area contributed by atoms with E-state index < -0.39 is 4.92 Å². The molecule has 0 unspecified atom stereocenters. The lowest BCUT2D eigenvalue weighted by Gasteiger charge is -2.18. The third-order valence-electron chi connectivity index (χ3n) is 3.51. The second kappa shape index (κ2) is 7.22. The summed E-state index contributed by atoms with van der Waals surface area (Å²) >= 11 is 1.49. The molecule has 0 saturated heterocycles. The molecule has 0 fully saturated rings. The van der Waals surface area contributed by atoms with Crippen LogP contribution >= 0.6 is 11.3 Å². The van der Waals surface area contributed by atoms with Crippen molar-refractivity contribution >= 4 is 22.9 Å². The molecule has 25 heavy (non-hydrogen) atoms. The van der Waals surface area contributed by atoms with Crippen molar-refractivity contribution in [3.63, 3.8) is 0 Å². The molecule has 0 radical (unpaired) electrons. The fraction of sp³-hybridized carbons (Fsp3) is 0.188. The first kappa shape index (κ1) is 16.8. The molecule has 9 heteroatoms. The molecule has 128 valence electrons. The maximum atomic E-state index is 12.6. The second-order valence-corrected chi connectivity index (χ2v) is 6.06. The van der Waals surface area contributed by atoms with E-state index >= 15 is 0 Å². The molecule has 0 spiro atoms. The van der Waals surface area contributed by atoms with Crippen molar-refractivity contribution in [1.29, 1.82) is 0 Å². The number of aromatic nitrogens is 2. The number of hydrogen-bond donors (Lipinski definition) is 0. The minimum Gasteiger partial charge on any atom is -0.337 e. The van der Waals surface area contributed by atoms with E-state index in [-0.39, 0.29) is 23.7 Å². The number of amides is 1. The topological polar surface area (TPSA) is 102 Å². The Bertz CT molecular complexity index is 891.